The highest BCUT2D eigenvalue weighted by molar-refractivity contribution is 5.54. The fraction of sp³-hybridized carbons (Fsp3) is 0.667. The van der Waals surface area contributed by atoms with Crippen molar-refractivity contribution < 1.29 is 0 Å². The molecule has 0 radical (unpaired) electrons. The SMILES string of the molecule is Cc1ccc(N(C)C(CN)C2CCC(C)CC2)c(C)c1. The van der Waals surface area contributed by atoms with Crippen molar-refractivity contribution in [1.82, 2.24) is 0 Å². The molecule has 0 heterocycles. The number of hydrogen-bond donors (Lipinski definition) is 1. The van der Waals surface area contributed by atoms with Gasteiger partial charge in [-0.3, -0.25) is 0 Å². The van der Waals surface area contributed by atoms with Crippen LogP contribution < -0.4 is 10.6 Å². The van der Waals surface area contributed by atoms with Crippen molar-refractivity contribution >= 4 is 5.69 Å². The van der Waals surface area contributed by atoms with Gasteiger partial charge in [0.15, 0.2) is 0 Å². The molecule has 0 aliphatic heterocycles. The van der Waals surface area contributed by atoms with Gasteiger partial charge in [0.2, 0.25) is 0 Å². The van der Waals surface area contributed by atoms with Crippen LogP contribution in [0.1, 0.15) is 43.7 Å². The van der Waals surface area contributed by atoms with E-state index in [1.165, 1.54) is 42.5 Å². The predicted molar refractivity (Wildman–Crippen MR) is 88.3 cm³/mol. The third kappa shape index (κ3) is 3.35. The molecular weight excluding hydrogens is 244 g/mol. The number of aryl methyl sites for hydroxylation is 2. The van der Waals surface area contributed by atoms with Crippen LogP contribution in [0.4, 0.5) is 5.69 Å². The van der Waals surface area contributed by atoms with Crippen molar-refractivity contribution in [2.75, 3.05) is 18.5 Å². The van der Waals surface area contributed by atoms with Gasteiger partial charge in [-0.15, -0.1) is 0 Å². The Morgan fingerprint density at radius 1 is 1.20 bits per heavy atom. The van der Waals surface area contributed by atoms with Crippen LogP contribution in [0, 0.1) is 25.7 Å². The first-order valence-corrected chi connectivity index (χ1v) is 8.03. The maximum Gasteiger partial charge on any atom is 0.0437 e. The molecule has 20 heavy (non-hydrogen) atoms. The van der Waals surface area contributed by atoms with Crippen molar-refractivity contribution in [2.45, 2.75) is 52.5 Å². The second kappa shape index (κ2) is 6.62. The lowest BCUT2D eigenvalue weighted by atomic mass is 9.78. The van der Waals surface area contributed by atoms with Crippen molar-refractivity contribution in [3.63, 3.8) is 0 Å². The molecule has 2 heteroatoms. The highest BCUT2D eigenvalue weighted by Crippen LogP contribution is 2.34. The maximum atomic E-state index is 6.11. The van der Waals surface area contributed by atoms with Crippen LogP contribution in [0.2, 0.25) is 0 Å². The topological polar surface area (TPSA) is 29.3 Å². The summed E-state index contributed by atoms with van der Waals surface area (Å²) in [6, 6.07) is 7.19. The second-order valence-corrected chi connectivity index (χ2v) is 6.72. The van der Waals surface area contributed by atoms with E-state index >= 15 is 0 Å². The van der Waals surface area contributed by atoms with Gasteiger partial charge in [0.25, 0.3) is 0 Å². The van der Waals surface area contributed by atoms with E-state index in [-0.39, 0.29) is 0 Å². The van der Waals surface area contributed by atoms with E-state index in [0.717, 1.165) is 18.4 Å². The minimum atomic E-state index is 0.476. The van der Waals surface area contributed by atoms with Gasteiger partial charge in [0, 0.05) is 25.3 Å². The molecule has 1 atom stereocenters. The third-order valence-electron chi connectivity index (χ3n) is 5.08. The molecule has 1 saturated carbocycles. The molecule has 2 N–H and O–H groups in total. The summed E-state index contributed by atoms with van der Waals surface area (Å²) in [5.41, 5.74) is 10.1. The zero-order valence-corrected chi connectivity index (χ0v) is 13.5. The van der Waals surface area contributed by atoms with E-state index in [1.807, 2.05) is 0 Å². The van der Waals surface area contributed by atoms with E-state index in [1.54, 1.807) is 0 Å². The van der Waals surface area contributed by atoms with Gasteiger partial charge in [-0.2, -0.15) is 0 Å². The first-order valence-electron chi connectivity index (χ1n) is 8.03. The predicted octanol–water partition coefficient (Wildman–Crippen LogP) is 3.89. The van der Waals surface area contributed by atoms with E-state index in [2.05, 4.69) is 50.9 Å². The molecule has 0 amide bonds. The summed E-state index contributed by atoms with van der Waals surface area (Å²) in [5.74, 6) is 1.65. The highest BCUT2D eigenvalue weighted by atomic mass is 15.1. The summed E-state index contributed by atoms with van der Waals surface area (Å²) in [6.07, 6.45) is 5.39. The van der Waals surface area contributed by atoms with Crippen molar-refractivity contribution in [3.8, 4) is 0 Å². The van der Waals surface area contributed by atoms with Gasteiger partial charge in [-0.05, 0) is 50.2 Å². The molecule has 1 aliphatic carbocycles. The second-order valence-electron chi connectivity index (χ2n) is 6.72. The molecule has 2 rings (SSSR count). The van der Waals surface area contributed by atoms with Crippen molar-refractivity contribution in [2.24, 2.45) is 17.6 Å². The Balaban J connectivity index is 2.14. The molecule has 0 aromatic heterocycles. The summed E-state index contributed by atoms with van der Waals surface area (Å²) in [4.78, 5) is 2.43. The van der Waals surface area contributed by atoms with Crippen LogP contribution in [-0.4, -0.2) is 19.6 Å². The Bertz CT molecular complexity index is 433. The summed E-state index contributed by atoms with van der Waals surface area (Å²) in [5, 5.41) is 0. The summed E-state index contributed by atoms with van der Waals surface area (Å²) < 4.78 is 0. The van der Waals surface area contributed by atoms with Crippen LogP contribution in [-0.2, 0) is 0 Å². The Hall–Kier alpha value is -1.02. The molecule has 2 nitrogen and oxygen atoms in total. The van der Waals surface area contributed by atoms with E-state index in [4.69, 9.17) is 5.73 Å². The summed E-state index contributed by atoms with van der Waals surface area (Å²) in [7, 11) is 2.22. The van der Waals surface area contributed by atoms with E-state index < -0.39 is 0 Å². The Labute approximate surface area is 124 Å². The molecule has 112 valence electrons. The summed E-state index contributed by atoms with van der Waals surface area (Å²) >= 11 is 0. The standard InChI is InChI=1S/C18H30N2/c1-13-5-8-16(9-6-13)18(12-19)20(4)17-10-7-14(2)11-15(17)3/h7,10-11,13,16,18H,5-6,8-9,12,19H2,1-4H3. The highest BCUT2D eigenvalue weighted by Gasteiger charge is 2.28. The van der Waals surface area contributed by atoms with Gasteiger partial charge in [-0.25, -0.2) is 0 Å². The quantitative estimate of drug-likeness (QED) is 0.902. The van der Waals surface area contributed by atoms with Gasteiger partial charge in [0.1, 0.15) is 0 Å². The largest absolute Gasteiger partial charge is 0.370 e. The normalized spacial score (nSPS) is 24.4. The Morgan fingerprint density at radius 3 is 2.40 bits per heavy atom. The lowest BCUT2D eigenvalue weighted by Gasteiger charge is -2.39. The van der Waals surface area contributed by atoms with Crippen LogP contribution >= 0.6 is 0 Å². The molecule has 0 bridgehead atoms. The average molecular weight is 274 g/mol. The molecule has 1 aromatic carbocycles. The van der Waals surface area contributed by atoms with Crippen LogP contribution in [0.3, 0.4) is 0 Å². The Morgan fingerprint density at radius 2 is 1.85 bits per heavy atom. The number of nitrogens with zero attached hydrogens (tertiary/aromatic N) is 1. The zero-order valence-electron chi connectivity index (χ0n) is 13.5. The number of benzene rings is 1. The molecule has 1 aromatic rings. The van der Waals surface area contributed by atoms with Gasteiger partial charge >= 0.3 is 0 Å². The molecular formula is C18H30N2. The zero-order chi connectivity index (χ0) is 14.7. The van der Waals surface area contributed by atoms with E-state index in [0.29, 0.717) is 6.04 Å². The number of anilines is 1. The monoisotopic (exact) mass is 274 g/mol. The molecule has 1 fully saturated rings. The van der Waals surface area contributed by atoms with Gasteiger partial charge < -0.3 is 10.6 Å². The lowest BCUT2D eigenvalue weighted by molar-refractivity contribution is 0.253. The minimum Gasteiger partial charge on any atom is -0.370 e. The van der Waals surface area contributed by atoms with Crippen molar-refractivity contribution in [1.29, 1.82) is 0 Å². The maximum absolute atomic E-state index is 6.11. The number of rotatable bonds is 4. The smallest absolute Gasteiger partial charge is 0.0437 e. The lowest BCUT2D eigenvalue weighted by Crippen LogP contribution is -2.45. The first-order chi connectivity index (χ1) is 9.52. The fourth-order valence-electron chi connectivity index (χ4n) is 3.72. The van der Waals surface area contributed by atoms with Gasteiger partial charge in [-0.1, -0.05) is 37.5 Å². The third-order valence-corrected chi connectivity index (χ3v) is 5.08. The molecule has 0 spiro atoms. The van der Waals surface area contributed by atoms with Crippen LogP contribution in [0.15, 0.2) is 18.2 Å². The van der Waals surface area contributed by atoms with Crippen LogP contribution in [0.25, 0.3) is 0 Å². The molecule has 1 unspecified atom stereocenters. The van der Waals surface area contributed by atoms with Crippen molar-refractivity contribution in [3.05, 3.63) is 29.3 Å². The fourth-order valence-corrected chi connectivity index (χ4v) is 3.72. The first kappa shape index (κ1) is 15.4. The molecule has 0 saturated heterocycles. The average Bonchev–Trinajstić information content (AvgIpc) is 2.41. The minimum absolute atomic E-state index is 0.476. The molecule has 1 aliphatic rings. The van der Waals surface area contributed by atoms with Crippen LogP contribution in [0.5, 0.6) is 0 Å². The number of nitrogens with two attached hydrogens (primary N) is 1. The number of likely N-dealkylation sites (N-methyl/N-ethyl adjacent to an activating group) is 1. The van der Waals surface area contributed by atoms with E-state index in [9.17, 15) is 0 Å². The van der Waals surface area contributed by atoms with Gasteiger partial charge in [0.05, 0.1) is 0 Å². The summed E-state index contributed by atoms with van der Waals surface area (Å²) in [6.45, 7) is 7.49. The Kier molecular flexibility index (Phi) is 5.09. The number of hydrogen-bond acceptors (Lipinski definition) is 2.